The number of hydrogen-bond donors (Lipinski definition) is 1. The van der Waals surface area contributed by atoms with Crippen molar-refractivity contribution in [3.63, 3.8) is 0 Å². The molecule has 0 aromatic rings. The maximum absolute atomic E-state index is 12.0. The summed E-state index contributed by atoms with van der Waals surface area (Å²) in [6.45, 7) is 7.69. The van der Waals surface area contributed by atoms with Gasteiger partial charge in [-0.15, -0.1) is 0 Å². The molecule has 4 nitrogen and oxygen atoms in total. The van der Waals surface area contributed by atoms with Crippen LogP contribution >= 0.6 is 0 Å². The zero-order valence-electron chi connectivity index (χ0n) is 19.2. The number of hydrogen-bond acceptors (Lipinski definition) is 3. The molecule has 0 heterocycles. The molecule has 0 spiro atoms. The van der Waals surface area contributed by atoms with Gasteiger partial charge in [0.05, 0.1) is 5.75 Å². The normalized spacial score (nSPS) is 12.3. The van der Waals surface area contributed by atoms with Gasteiger partial charge in [0.15, 0.2) is 0 Å². The highest BCUT2D eigenvalue weighted by Gasteiger charge is 2.28. The van der Waals surface area contributed by atoms with Gasteiger partial charge in [0, 0.05) is 5.41 Å². The number of amides is 1. The molecule has 28 heavy (non-hydrogen) atoms. The van der Waals surface area contributed by atoms with E-state index in [2.05, 4.69) is 11.6 Å². The summed E-state index contributed by atoms with van der Waals surface area (Å²) in [6.07, 6.45) is 19.4. The lowest BCUT2D eigenvalue weighted by atomic mass is 9.90. The molecule has 0 radical (unpaired) electrons. The SMILES string of the molecule is CCCCCCCCCCCCCCCCCS(=O)(=O)NC(=O)C(C)(C)CC. The van der Waals surface area contributed by atoms with Gasteiger partial charge in [-0.3, -0.25) is 9.52 Å². The Labute approximate surface area is 175 Å². The molecule has 0 unspecified atom stereocenters. The molecular formula is C23H47NO3S. The van der Waals surface area contributed by atoms with E-state index in [1.807, 2.05) is 6.92 Å². The van der Waals surface area contributed by atoms with Gasteiger partial charge in [0.1, 0.15) is 0 Å². The summed E-state index contributed by atoms with van der Waals surface area (Å²) >= 11 is 0. The van der Waals surface area contributed by atoms with Gasteiger partial charge in [-0.05, 0) is 12.8 Å². The third-order valence-electron chi connectivity index (χ3n) is 5.76. The maximum Gasteiger partial charge on any atom is 0.239 e. The number of sulfonamides is 1. The van der Waals surface area contributed by atoms with Crippen molar-refractivity contribution in [3.05, 3.63) is 0 Å². The fourth-order valence-electron chi connectivity index (χ4n) is 3.15. The average molecular weight is 418 g/mol. The van der Waals surface area contributed by atoms with E-state index in [-0.39, 0.29) is 5.75 Å². The van der Waals surface area contributed by atoms with E-state index in [1.165, 1.54) is 77.0 Å². The average Bonchev–Trinajstić information content (AvgIpc) is 2.64. The molecular weight excluding hydrogens is 370 g/mol. The second-order valence-electron chi connectivity index (χ2n) is 8.94. The van der Waals surface area contributed by atoms with Crippen molar-refractivity contribution in [2.75, 3.05) is 5.75 Å². The van der Waals surface area contributed by atoms with Gasteiger partial charge in [-0.25, -0.2) is 8.42 Å². The van der Waals surface area contributed by atoms with E-state index in [4.69, 9.17) is 0 Å². The van der Waals surface area contributed by atoms with Crippen molar-refractivity contribution in [2.24, 2.45) is 5.41 Å². The van der Waals surface area contributed by atoms with Crippen LogP contribution in [0.3, 0.4) is 0 Å². The van der Waals surface area contributed by atoms with E-state index in [1.54, 1.807) is 13.8 Å². The molecule has 0 rings (SSSR count). The quantitative estimate of drug-likeness (QED) is 0.237. The molecule has 0 aromatic carbocycles. The molecule has 0 fully saturated rings. The van der Waals surface area contributed by atoms with Crippen molar-refractivity contribution >= 4 is 15.9 Å². The minimum Gasteiger partial charge on any atom is -0.273 e. The van der Waals surface area contributed by atoms with Crippen LogP contribution < -0.4 is 4.72 Å². The molecule has 0 saturated heterocycles. The highest BCUT2D eigenvalue weighted by molar-refractivity contribution is 7.90. The standard InChI is InChI=1S/C23H47NO3S/c1-5-7-8-9-10-11-12-13-14-15-16-17-18-19-20-21-28(26,27)24-22(25)23(3,4)6-2/h5-21H2,1-4H3,(H,24,25). The maximum atomic E-state index is 12.0. The number of nitrogens with one attached hydrogen (secondary N) is 1. The van der Waals surface area contributed by atoms with Crippen LogP contribution in [-0.2, 0) is 14.8 Å². The number of carbonyl (C=O) groups excluding carboxylic acids is 1. The summed E-state index contributed by atoms with van der Waals surface area (Å²) in [5, 5.41) is 0. The van der Waals surface area contributed by atoms with Gasteiger partial charge in [0.25, 0.3) is 0 Å². The molecule has 1 amide bonds. The third-order valence-corrected chi connectivity index (χ3v) is 7.09. The lowest BCUT2D eigenvalue weighted by Crippen LogP contribution is -2.41. The fraction of sp³-hybridized carbons (Fsp3) is 0.957. The first kappa shape index (κ1) is 27.4. The Hall–Kier alpha value is -0.580. The van der Waals surface area contributed by atoms with E-state index in [0.29, 0.717) is 12.8 Å². The van der Waals surface area contributed by atoms with Gasteiger partial charge in [0.2, 0.25) is 15.9 Å². The van der Waals surface area contributed by atoms with E-state index < -0.39 is 21.3 Å². The lowest BCUT2D eigenvalue weighted by Gasteiger charge is -2.21. The Morgan fingerprint density at radius 1 is 0.679 bits per heavy atom. The van der Waals surface area contributed by atoms with Crippen LogP contribution in [-0.4, -0.2) is 20.1 Å². The van der Waals surface area contributed by atoms with Crippen LogP contribution in [0, 0.1) is 5.41 Å². The summed E-state index contributed by atoms with van der Waals surface area (Å²) in [7, 11) is -3.49. The summed E-state index contributed by atoms with van der Waals surface area (Å²) in [5.41, 5.74) is -0.637. The highest BCUT2D eigenvalue weighted by Crippen LogP contribution is 2.20. The molecule has 168 valence electrons. The molecule has 0 aliphatic carbocycles. The third kappa shape index (κ3) is 15.4. The van der Waals surface area contributed by atoms with E-state index in [9.17, 15) is 13.2 Å². The first-order valence-corrected chi connectivity index (χ1v) is 13.5. The fourth-order valence-corrected chi connectivity index (χ4v) is 4.40. The number of carbonyl (C=O) groups is 1. The van der Waals surface area contributed by atoms with E-state index >= 15 is 0 Å². The molecule has 0 aliphatic rings. The minimum atomic E-state index is -3.49. The topological polar surface area (TPSA) is 63.2 Å². The summed E-state index contributed by atoms with van der Waals surface area (Å²) in [4.78, 5) is 12.0. The van der Waals surface area contributed by atoms with Crippen molar-refractivity contribution in [3.8, 4) is 0 Å². The zero-order chi connectivity index (χ0) is 21.3. The molecule has 0 aliphatic heterocycles. The summed E-state index contributed by atoms with van der Waals surface area (Å²) in [6, 6.07) is 0. The van der Waals surface area contributed by atoms with Crippen molar-refractivity contribution in [1.82, 2.24) is 4.72 Å². The predicted octanol–water partition coefficient (Wildman–Crippen LogP) is 6.74. The Kier molecular flexibility index (Phi) is 15.9. The first-order chi connectivity index (χ1) is 13.2. The van der Waals surface area contributed by atoms with Gasteiger partial charge < -0.3 is 0 Å². The van der Waals surface area contributed by atoms with Gasteiger partial charge in [-0.1, -0.05) is 118 Å². The molecule has 0 aromatic heterocycles. The van der Waals surface area contributed by atoms with E-state index in [0.717, 1.165) is 12.8 Å². The van der Waals surface area contributed by atoms with Gasteiger partial charge >= 0.3 is 0 Å². The monoisotopic (exact) mass is 417 g/mol. The first-order valence-electron chi connectivity index (χ1n) is 11.8. The number of unbranched alkanes of at least 4 members (excludes halogenated alkanes) is 14. The Morgan fingerprint density at radius 3 is 1.39 bits per heavy atom. The van der Waals surface area contributed by atoms with Crippen LogP contribution in [0.15, 0.2) is 0 Å². The highest BCUT2D eigenvalue weighted by atomic mass is 32.2. The molecule has 5 heteroatoms. The van der Waals surface area contributed by atoms with Crippen molar-refractivity contribution < 1.29 is 13.2 Å². The molecule has 0 atom stereocenters. The largest absolute Gasteiger partial charge is 0.273 e. The smallest absolute Gasteiger partial charge is 0.239 e. The predicted molar refractivity (Wildman–Crippen MR) is 121 cm³/mol. The number of rotatable bonds is 19. The zero-order valence-corrected chi connectivity index (χ0v) is 20.0. The summed E-state index contributed by atoms with van der Waals surface area (Å²) in [5.74, 6) is -0.340. The lowest BCUT2D eigenvalue weighted by molar-refractivity contribution is -0.127. The minimum absolute atomic E-state index is 0.0524. The molecule has 1 N–H and O–H groups in total. The van der Waals surface area contributed by atoms with Gasteiger partial charge in [-0.2, -0.15) is 0 Å². The summed E-state index contributed by atoms with van der Waals surface area (Å²) < 4.78 is 26.2. The van der Waals surface area contributed by atoms with Crippen LogP contribution in [0.4, 0.5) is 0 Å². The van der Waals surface area contributed by atoms with Crippen LogP contribution in [0.25, 0.3) is 0 Å². The second kappa shape index (κ2) is 16.2. The van der Waals surface area contributed by atoms with Crippen molar-refractivity contribution in [2.45, 2.75) is 130 Å². The van der Waals surface area contributed by atoms with Crippen molar-refractivity contribution in [1.29, 1.82) is 0 Å². The Morgan fingerprint density at radius 2 is 1.04 bits per heavy atom. The molecule has 0 bridgehead atoms. The Balaban J connectivity index is 3.51. The Bertz CT molecular complexity index is 486. The molecule has 0 saturated carbocycles. The van der Waals surface area contributed by atoms with Crippen LogP contribution in [0.5, 0.6) is 0 Å². The second-order valence-corrected chi connectivity index (χ2v) is 10.8. The van der Waals surface area contributed by atoms with Crippen LogP contribution in [0.2, 0.25) is 0 Å². The van der Waals surface area contributed by atoms with Crippen LogP contribution in [0.1, 0.15) is 130 Å².